The Hall–Kier alpha value is -1.45. The van der Waals surface area contributed by atoms with Crippen molar-refractivity contribution in [3.05, 3.63) is 17.7 Å². The summed E-state index contributed by atoms with van der Waals surface area (Å²) in [6.07, 6.45) is 2.97. The zero-order valence-corrected chi connectivity index (χ0v) is 7.24. The molecule has 0 aromatic carbocycles. The first-order chi connectivity index (χ1) is 5.66. The van der Waals surface area contributed by atoms with E-state index in [1.165, 1.54) is 6.20 Å². The molecular formula is C8H13N3O. The molecule has 0 amide bonds. The van der Waals surface area contributed by atoms with Gasteiger partial charge < -0.3 is 16.0 Å². The molecule has 12 heavy (non-hydrogen) atoms. The van der Waals surface area contributed by atoms with Gasteiger partial charge in [0.25, 0.3) is 0 Å². The van der Waals surface area contributed by atoms with Gasteiger partial charge in [0.15, 0.2) is 5.76 Å². The van der Waals surface area contributed by atoms with Crippen LogP contribution in [0.4, 0.5) is 5.69 Å². The van der Waals surface area contributed by atoms with Gasteiger partial charge in [0.1, 0.15) is 11.4 Å². The topological polar surface area (TPSA) is 78.1 Å². The van der Waals surface area contributed by atoms with Gasteiger partial charge in [-0.3, -0.25) is 0 Å². The van der Waals surface area contributed by atoms with E-state index in [-0.39, 0.29) is 5.92 Å². The van der Waals surface area contributed by atoms with Crippen molar-refractivity contribution in [3.8, 4) is 0 Å². The van der Waals surface area contributed by atoms with E-state index in [4.69, 9.17) is 16.0 Å². The number of nitrogens with two attached hydrogens (primary N) is 2. The molecule has 4 heteroatoms. The molecule has 0 radical (unpaired) electrons. The van der Waals surface area contributed by atoms with Crippen LogP contribution in [0.5, 0.6) is 0 Å². The molecule has 0 aliphatic heterocycles. The standard InChI is InChI=1S/C8H13N3O/c1-5(2)8-7(10)6(3-4-9)12-11-8/h3-5H,9-10H2,1-2H3/b4-3-. The third kappa shape index (κ3) is 1.42. The SMILES string of the molecule is CC(C)c1noc(/C=C\N)c1N. The van der Waals surface area contributed by atoms with Gasteiger partial charge in [-0.2, -0.15) is 0 Å². The number of nitrogen functional groups attached to an aromatic ring is 1. The van der Waals surface area contributed by atoms with Crippen LogP contribution in [0.1, 0.15) is 31.2 Å². The lowest BCUT2D eigenvalue weighted by molar-refractivity contribution is 0.402. The highest BCUT2D eigenvalue weighted by molar-refractivity contribution is 5.61. The van der Waals surface area contributed by atoms with Crippen molar-refractivity contribution in [3.63, 3.8) is 0 Å². The number of nitrogens with zero attached hydrogens (tertiary/aromatic N) is 1. The number of aromatic nitrogens is 1. The largest absolute Gasteiger partial charge is 0.404 e. The lowest BCUT2D eigenvalue weighted by atomic mass is 10.1. The Labute approximate surface area is 71.2 Å². The Morgan fingerprint density at radius 3 is 2.58 bits per heavy atom. The summed E-state index contributed by atoms with van der Waals surface area (Å²) in [5, 5.41) is 3.83. The minimum atomic E-state index is 0.272. The first-order valence-corrected chi connectivity index (χ1v) is 3.80. The van der Waals surface area contributed by atoms with E-state index in [2.05, 4.69) is 5.16 Å². The van der Waals surface area contributed by atoms with Gasteiger partial charge in [0.05, 0.1) is 0 Å². The predicted octanol–water partition coefficient (Wildman–Crippen LogP) is 1.31. The monoisotopic (exact) mass is 167 g/mol. The van der Waals surface area contributed by atoms with E-state index in [9.17, 15) is 0 Å². The molecule has 0 spiro atoms. The second-order valence-electron chi connectivity index (χ2n) is 2.86. The van der Waals surface area contributed by atoms with E-state index in [1.807, 2.05) is 13.8 Å². The fraction of sp³-hybridized carbons (Fsp3) is 0.375. The number of rotatable bonds is 2. The van der Waals surface area contributed by atoms with Crippen molar-refractivity contribution in [2.24, 2.45) is 5.73 Å². The Morgan fingerprint density at radius 2 is 2.17 bits per heavy atom. The second kappa shape index (κ2) is 3.30. The van der Waals surface area contributed by atoms with Crippen LogP contribution in [-0.2, 0) is 0 Å². The van der Waals surface area contributed by atoms with Crippen molar-refractivity contribution in [2.45, 2.75) is 19.8 Å². The van der Waals surface area contributed by atoms with Crippen molar-refractivity contribution in [1.29, 1.82) is 0 Å². The Morgan fingerprint density at radius 1 is 1.50 bits per heavy atom. The normalized spacial score (nSPS) is 11.6. The van der Waals surface area contributed by atoms with Crippen LogP contribution in [0.25, 0.3) is 6.08 Å². The molecule has 4 N–H and O–H groups in total. The van der Waals surface area contributed by atoms with Gasteiger partial charge in [0, 0.05) is 12.0 Å². The van der Waals surface area contributed by atoms with Gasteiger partial charge in [-0.25, -0.2) is 0 Å². The van der Waals surface area contributed by atoms with Gasteiger partial charge in [0.2, 0.25) is 0 Å². The highest BCUT2D eigenvalue weighted by atomic mass is 16.5. The predicted molar refractivity (Wildman–Crippen MR) is 48.2 cm³/mol. The van der Waals surface area contributed by atoms with Crippen LogP contribution in [0, 0.1) is 0 Å². The Bertz CT molecular complexity index is 288. The van der Waals surface area contributed by atoms with E-state index in [0.29, 0.717) is 11.4 Å². The van der Waals surface area contributed by atoms with Crippen LogP contribution in [0.3, 0.4) is 0 Å². The van der Waals surface area contributed by atoms with Crippen molar-refractivity contribution >= 4 is 11.8 Å². The highest BCUT2D eigenvalue weighted by Gasteiger charge is 2.12. The summed E-state index contributed by atoms with van der Waals surface area (Å²) in [6, 6.07) is 0. The van der Waals surface area contributed by atoms with Gasteiger partial charge in [-0.1, -0.05) is 19.0 Å². The smallest absolute Gasteiger partial charge is 0.184 e. The summed E-state index contributed by atoms with van der Waals surface area (Å²) in [5.74, 6) is 0.801. The summed E-state index contributed by atoms with van der Waals surface area (Å²) in [6.45, 7) is 4.01. The lowest BCUT2D eigenvalue weighted by Gasteiger charge is -1.97. The Kier molecular flexibility index (Phi) is 2.38. The molecule has 0 saturated carbocycles. The van der Waals surface area contributed by atoms with Crippen molar-refractivity contribution in [1.82, 2.24) is 5.16 Å². The molecule has 1 aromatic rings. The van der Waals surface area contributed by atoms with E-state index < -0.39 is 0 Å². The highest BCUT2D eigenvalue weighted by Crippen LogP contribution is 2.24. The molecule has 66 valence electrons. The molecule has 0 aliphatic rings. The summed E-state index contributed by atoms with van der Waals surface area (Å²) < 4.78 is 4.96. The molecule has 0 saturated heterocycles. The van der Waals surface area contributed by atoms with Crippen LogP contribution in [0.2, 0.25) is 0 Å². The average Bonchev–Trinajstić information content (AvgIpc) is 2.34. The van der Waals surface area contributed by atoms with Crippen molar-refractivity contribution in [2.75, 3.05) is 5.73 Å². The maximum absolute atomic E-state index is 5.73. The average molecular weight is 167 g/mol. The van der Waals surface area contributed by atoms with Gasteiger partial charge >= 0.3 is 0 Å². The maximum atomic E-state index is 5.73. The Balaban J connectivity index is 3.04. The van der Waals surface area contributed by atoms with Crippen LogP contribution < -0.4 is 11.5 Å². The zero-order chi connectivity index (χ0) is 9.14. The molecular weight excluding hydrogens is 154 g/mol. The first-order valence-electron chi connectivity index (χ1n) is 3.80. The molecule has 0 atom stereocenters. The number of anilines is 1. The second-order valence-corrected chi connectivity index (χ2v) is 2.86. The third-order valence-electron chi connectivity index (χ3n) is 1.58. The molecule has 4 nitrogen and oxygen atoms in total. The van der Waals surface area contributed by atoms with E-state index in [1.54, 1.807) is 6.08 Å². The fourth-order valence-corrected chi connectivity index (χ4v) is 0.947. The lowest BCUT2D eigenvalue weighted by Crippen LogP contribution is -1.94. The van der Waals surface area contributed by atoms with Gasteiger partial charge in [-0.05, 0) is 6.20 Å². The summed E-state index contributed by atoms with van der Waals surface area (Å²) in [5.41, 5.74) is 12.3. The van der Waals surface area contributed by atoms with Crippen LogP contribution >= 0.6 is 0 Å². The van der Waals surface area contributed by atoms with Gasteiger partial charge in [-0.15, -0.1) is 0 Å². The summed E-state index contributed by atoms with van der Waals surface area (Å²) in [7, 11) is 0. The molecule has 0 bridgehead atoms. The molecule has 0 aliphatic carbocycles. The zero-order valence-electron chi connectivity index (χ0n) is 7.24. The third-order valence-corrected chi connectivity index (χ3v) is 1.58. The summed E-state index contributed by atoms with van der Waals surface area (Å²) in [4.78, 5) is 0. The molecule has 1 aromatic heterocycles. The quantitative estimate of drug-likeness (QED) is 0.696. The van der Waals surface area contributed by atoms with E-state index >= 15 is 0 Å². The minimum Gasteiger partial charge on any atom is -0.404 e. The van der Waals surface area contributed by atoms with Crippen molar-refractivity contribution < 1.29 is 4.52 Å². The summed E-state index contributed by atoms with van der Waals surface area (Å²) >= 11 is 0. The molecule has 0 unspecified atom stereocenters. The first kappa shape index (κ1) is 8.64. The number of hydrogen-bond acceptors (Lipinski definition) is 4. The molecule has 0 fully saturated rings. The maximum Gasteiger partial charge on any atom is 0.184 e. The number of hydrogen-bond donors (Lipinski definition) is 2. The fourth-order valence-electron chi connectivity index (χ4n) is 0.947. The van der Waals surface area contributed by atoms with Crippen LogP contribution in [-0.4, -0.2) is 5.16 Å². The van der Waals surface area contributed by atoms with E-state index in [0.717, 1.165) is 5.69 Å². The van der Waals surface area contributed by atoms with Crippen LogP contribution in [0.15, 0.2) is 10.7 Å². The minimum absolute atomic E-state index is 0.272. The molecule has 1 rings (SSSR count). The molecule has 1 heterocycles.